The molecule has 1 aromatic carbocycles. The second-order valence-corrected chi connectivity index (χ2v) is 5.66. The average molecular weight is 267 g/mol. The number of hydrogen-bond acceptors (Lipinski definition) is 4. The van der Waals surface area contributed by atoms with E-state index >= 15 is 0 Å². The minimum Gasteiger partial charge on any atom is -0.481 e. The maximum Gasteiger partial charge on any atom is 0.303 e. The largest absolute Gasteiger partial charge is 0.481 e. The van der Waals surface area contributed by atoms with Crippen molar-refractivity contribution in [3.05, 3.63) is 34.4 Å². The third-order valence-electron chi connectivity index (χ3n) is 3.08. The lowest BCUT2D eigenvalue weighted by molar-refractivity contribution is -0.384. The summed E-state index contributed by atoms with van der Waals surface area (Å²) in [7, 11) is 0. The molecule has 18 heavy (non-hydrogen) atoms. The number of nitrogens with zero attached hydrogens (tertiary/aromatic N) is 1. The summed E-state index contributed by atoms with van der Waals surface area (Å²) in [6.07, 6.45) is 2.13. The van der Waals surface area contributed by atoms with Gasteiger partial charge < -0.3 is 5.11 Å². The molecule has 0 atom stereocenters. The maximum atomic E-state index is 10.7. The Labute approximate surface area is 108 Å². The Morgan fingerprint density at radius 2 is 2.00 bits per heavy atom. The normalized spacial score (nSPS) is 16.2. The van der Waals surface area contributed by atoms with Crippen molar-refractivity contribution in [3.8, 4) is 0 Å². The van der Waals surface area contributed by atoms with E-state index in [0.29, 0.717) is 0 Å². The zero-order valence-electron chi connectivity index (χ0n) is 9.67. The summed E-state index contributed by atoms with van der Waals surface area (Å²) < 4.78 is 0. The van der Waals surface area contributed by atoms with Crippen LogP contribution < -0.4 is 0 Å². The van der Waals surface area contributed by atoms with E-state index in [9.17, 15) is 14.9 Å². The van der Waals surface area contributed by atoms with Gasteiger partial charge in [0.15, 0.2) is 0 Å². The van der Waals surface area contributed by atoms with Gasteiger partial charge >= 0.3 is 5.97 Å². The van der Waals surface area contributed by atoms with Crippen LogP contribution in [0.4, 0.5) is 5.69 Å². The van der Waals surface area contributed by atoms with E-state index in [0.717, 1.165) is 23.5 Å². The monoisotopic (exact) mass is 267 g/mol. The minimum absolute atomic E-state index is 0.0573. The molecule has 1 saturated carbocycles. The van der Waals surface area contributed by atoms with E-state index in [1.165, 1.54) is 12.1 Å². The van der Waals surface area contributed by atoms with Crippen molar-refractivity contribution in [3.63, 3.8) is 0 Å². The first-order valence-electron chi connectivity index (χ1n) is 5.60. The fourth-order valence-electron chi connectivity index (χ4n) is 1.77. The molecule has 0 heterocycles. The Morgan fingerprint density at radius 1 is 1.39 bits per heavy atom. The Kier molecular flexibility index (Phi) is 3.56. The Morgan fingerprint density at radius 3 is 2.44 bits per heavy atom. The van der Waals surface area contributed by atoms with Crippen LogP contribution in [0.5, 0.6) is 0 Å². The van der Waals surface area contributed by atoms with Gasteiger partial charge in [0.25, 0.3) is 5.69 Å². The summed E-state index contributed by atoms with van der Waals surface area (Å²) in [6, 6.07) is 6.36. The van der Waals surface area contributed by atoms with Crippen LogP contribution in [0.3, 0.4) is 0 Å². The molecule has 96 valence electrons. The maximum absolute atomic E-state index is 10.7. The van der Waals surface area contributed by atoms with Gasteiger partial charge in [0.05, 0.1) is 11.3 Å². The molecule has 0 spiro atoms. The first kappa shape index (κ1) is 12.9. The lowest BCUT2D eigenvalue weighted by Crippen LogP contribution is -2.10. The van der Waals surface area contributed by atoms with E-state index in [1.807, 2.05) is 0 Å². The standard InChI is InChI=1S/C12H13NO4S/c14-11(15)7-12(5-6-12)8-18-10-3-1-9(2-4-10)13(16)17/h1-4H,5-8H2,(H,14,15). The molecule has 5 nitrogen and oxygen atoms in total. The third kappa shape index (κ3) is 3.22. The molecule has 0 aliphatic heterocycles. The van der Waals surface area contributed by atoms with Gasteiger partial charge in [-0.15, -0.1) is 11.8 Å². The van der Waals surface area contributed by atoms with Crippen molar-refractivity contribution in [1.82, 2.24) is 0 Å². The Hall–Kier alpha value is -1.56. The van der Waals surface area contributed by atoms with E-state index in [1.54, 1.807) is 23.9 Å². The molecule has 2 rings (SSSR count). The summed E-state index contributed by atoms with van der Waals surface area (Å²) in [5, 5.41) is 19.3. The molecular weight excluding hydrogens is 254 g/mol. The lowest BCUT2D eigenvalue weighted by atomic mass is 10.1. The molecule has 0 amide bonds. The number of benzene rings is 1. The highest BCUT2D eigenvalue weighted by Gasteiger charge is 2.44. The molecule has 1 N–H and O–H groups in total. The number of rotatable bonds is 6. The van der Waals surface area contributed by atoms with Crippen LogP contribution in [-0.2, 0) is 4.79 Å². The average Bonchev–Trinajstić information content (AvgIpc) is 3.06. The van der Waals surface area contributed by atoms with Crippen LogP contribution >= 0.6 is 11.8 Å². The van der Waals surface area contributed by atoms with Crippen molar-refractivity contribution in [1.29, 1.82) is 0 Å². The second kappa shape index (κ2) is 4.97. The van der Waals surface area contributed by atoms with E-state index in [2.05, 4.69) is 0 Å². The Balaban J connectivity index is 1.90. The molecule has 1 aromatic rings. The topological polar surface area (TPSA) is 80.4 Å². The van der Waals surface area contributed by atoms with Gasteiger partial charge in [0.1, 0.15) is 0 Å². The van der Waals surface area contributed by atoms with Gasteiger partial charge in [0.2, 0.25) is 0 Å². The summed E-state index contributed by atoms with van der Waals surface area (Å²) >= 11 is 1.57. The number of nitro groups is 1. The van der Waals surface area contributed by atoms with Crippen molar-refractivity contribution in [2.24, 2.45) is 5.41 Å². The predicted octanol–water partition coefficient (Wildman–Crippen LogP) is 2.94. The van der Waals surface area contributed by atoms with Gasteiger partial charge in [0, 0.05) is 22.8 Å². The summed E-state index contributed by atoms with van der Waals surface area (Å²) in [5.74, 6) is 0.00806. The van der Waals surface area contributed by atoms with Crippen molar-refractivity contribution < 1.29 is 14.8 Å². The van der Waals surface area contributed by atoms with E-state index < -0.39 is 10.9 Å². The number of nitro benzene ring substituents is 1. The van der Waals surface area contributed by atoms with Crippen molar-refractivity contribution in [2.45, 2.75) is 24.2 Å². The quantitative estimate of drug-likeness (QED) is 0.487. The van der Waals surface area contributed by atoms with Gasteiger partial charge in [-0.3, -0.25) is 14.9 Å². The number of carbonyl (C=O) groups is 1. The van der Waals surface area contributed by atoms with Gasteiger partial charge in [-0.25, -0.2) is 0 Å². The van der Waals surface area contributed by atoms with E-state index in [-0.39, 0.29) is 17.5 Å². The molecule has 6 heteroatoms. The molecule has 0 unspecified atom stereocenters. The minimum atomic E-state index is -0.753. The molecule has 0 aromatic heterocycles. The molecule has 1 aliphatic rings. The van der Waals surface area contributed by atoms with Gasteiger partial charge in [-0.2, -0.15) is 0 Å². The zero-order valence-corrected chi connectivity index (χ0v) is 10.5. The first-order chi connectivity index (χ1) is 8.51. The highest BCUT2D eigenvalue weighted by Crippen LogP contribution is 2.51. The van der Waals surface area contributed by atoms with E-state index in [4.69, 9.17) is 5.11 Å². The molecular formula is C12H13NO4S. The smallest absolute Gasteiger partial charge is 0.303 e. The van der Waals surface area contributed by atoms with Gasteiger partial charge in [-0.1, -0.05) is 0 Å². The van der Waals surface area contributed by atoms with Crippen LogP contribution in [0.1, 0.15) is 19.3 Å². The predicted molar refractivity (Wildman–Crippen MR) is 67.7 cm³/mol. The molecule has 0 bridgehead atoms. The van der Waals surface area contributed by atoms with Crippen LogP contribution in [-0.4, -0.2) is 21.8 Å². The summed E-state index contributed by atoms with van der Waals surface area (Å²) in [6.45, 7) is 0. The van der Waals surface area contributed by atoms with Crippen LogP contribution in [0.15, 0.2) is 29.2 Å². The van der Waals surface area contributed by atoms with Crippen LogP contribution in [0, 0.1) is 15.5 Å². The lowest BCUT2D eigenvalue weighted by Gasteiger charge is -2.11. The molecule has 0 saturated heterocycles. The number of hydrogen-bond donors (Lipinski definition) is 1. The fraction of sp³-hybridized carbons (Fsp3) is 0.417. The molecule has 1 aliphatic carbocycles. The summed E-state index contributed by atoms with van der Waals surface area (Å²) in [5.41, 5.74) is 0.0178. The first-order valence-corrected chi connectivity index (χ1v) is 6.58. The molecule has 0 radical (unpaired) electrons. The van der Waals surface area contributed by atoms with Crippen molar-refractivity contribution in [2.75, 3.05) is 5.75 Å². The SMILES string of the molecule is O=C(O)CC1(CSc2ccc([N+](=O)[O-])cc2)CC1. The van der Waals surface area contributed by atoms with Crippen molar-refractivity contribution >= 4 is 23.4 Å². The van der Waals surface area contributed by atoms with Gasteiger partial charge in [-0.05, 0) is 30.4 Å². The summed E-state index contributed by atoms with van der Waals surface area (Å²) in [4.78, 5) is 21.7. The molecule has 1 fully saturated rings. The highest BCUT2D eigenvalue weighted by molar-refractivity contribution is 7.99. The number of aliphatic carboxylic acids is 1. The van der Waals surface area contributed by atoms with Crippen LogP contribution in [0.2, 0.25) is 0 Å². The fourth-order valence-corrected chi connectivity index (χ4v) is 2.96. The number of carboxylic acids is 1. The van der Waals surface area contributed by atoms with Crippen LogP contribution in [0.25, 0.3) is 0 Å². The second-order valence-electron chi connectivity index (χ2n) is 4.61. The number of thioether (sulfide) groups is 1. The zero-order chi connectivity index (χ0) is 13.2. The Bertz CT molecular complexity index is 467. The third-order valence-corrected chi connectivity index (χ3v) is 4.44. The highest BCUT2D eigenvalue weighted by atomic mass is 32.2. The number of carboxylic acid groups (broad SMARTS) is 1. The number of non-ortho nitro benzene ring substituents is 1.